The third kappa shape index (κ3) is 2.06. The van der Waals surface area contributed by atoms with Gasteiger partial charge in [0.15, 0.2) is 0 Å². The van der Waals surface area contributed by atoms with Gasteiger partial charge in [0.05, 0.1) is 23.0 Å². The largest absolute Gasteiger partial charge is 0.287 e. The van der Waals surface area contributed by atoms with Crippen molar-refractivity contribution in [1.29, 1.82) is 0 Å². The van der Waals surface area contributed by atoms with Gasteiger partial charge in [-0.1, -0.05) is 18.5 Å². The van der Waals surface area contributed by atoms with Gasteiger partial charge in [0.2, 0.25) is 5.78 Å². The van der Waals surface area contributed by atoms with Gasteiger partial charge in [-0.2, -0.15) is 10.2 Å². The molecule has 0 radical (unpaired) electrons. The summed E-state index contributed by atoms with van der Waals surface area (Å²) in [6.45, 7) is 4.56. The maximum atomic E-state index is 12.5. The Morgan fingerprint density at radius 3 is 2.67 bits per heavy atom. The van der Waals surface area contributed by atoms with Crippen molar-refractivity contribution in [3.05, 3.63) is 34.4 Å². The van der Waals surface area contributed by atoms with Crippen LogP contribution in [-0.4, -0.2) is 25.3 Å². The van der Waals surface area contributed by atoms with Crippen LogP contribution >= 0.6 is 11.6 Å². The highest BCUT2D eigenvalue weighted by atomic mass is 35.5. The second-order valence-electron chi connectivity index (χ2n) is 4.16. The van der Waals surface area contributed by atoms with Crippen molar-refractivity contribution in [3.63, 3.8) is 0 Å². The highest BCUT2D eigenvalue weighted by Crippen LogP contribution is 2.21. The first-order valence-electron chi connectivity index (χ1n) is 5.80. The summed E-state index contributed by atoms with van der Waals surface area (Å²) in [5.74, 6) is -0.128. The molecule has 6 heteroatoms. The third-order valence-electron chi connectivity index (χ3n) is 2.93. The SMILES string of the molecule is CCCn1ncc(Cl)c1C(=O)c1cnn(C)c1C. The van der Waals surface area contributed by atoms with Crippen LogP contribution in [0.1, 0.15) is 35.1 Å². The maximum Gasteiger partial charge on any atom is 0.215 e. The van der Waals surface area contributed by atoms with Crippen LogP contribution in [0.4, 0.5) is 0 Å². The molecule has 0 saturated carbocycles. The van der Waals surface area contributed by atoms with E-state index in [0.29, 0.717) is 22.8 Å². The van der Waals surface area contributed by atoms with E-state index in [-0.39, 0.29) is 5.78 Å². The Bertz CT molecular complexity index is 585. The summed E-state index contributed by atoms with van der Waals surface area (Å²) in [4.78, 5) is 12.5. The van der Waals surface area contributed by atoms with Gasteiger partial charge in [-0.3, -0.25) is 14.2 Å². The number of aryl methyl sites for hydroxylation is 2. The molecule has 0 fully saturated rings. The van der Waals surface area contributed by atoms with Gasteiger partial charge in [-0.05, 0) is 13.3 Å². The molecule has 0 aliphatic carbocycles. The van der Waals surface area contributed by atoms with E-state index < -0.39 is 0 Å². The van der Waals surface area contributed by atoms with E-state index >= 15 is 0 Å². The summed E-state index contributed by atoms with van der Waals surface area (Å²) < 4.78 is 3.32. The number of hydrogen-bond donors (Lipinski definition) is 0. The van der Waals surface area contributed by atoms with Crippen LogP contribution in [0.3, 0.4) is 0 Å². The van der Waals surface area contributed by atoms with E-state index in [1.54, 1.807) is 22.6 Å². The van der Waals surface area contributed by atoms with Crippen molar-refractivity contribution >= 4 is 17.4 Å². The first-order valence-corrected chi connectivity index (χ1v) is 6.18. The Morgan fingerprint density at radius 1 is 1.39 bits per heavy atom. The van der Waals surface area contributed by atoms with Crippen LogP contribution in [-0.2, 0) is 13.6 Å². The van der Waals surface area contributed by atoms with E-state index in [1.165, 1.54) is 6.20 Å². The normalized spacial score (nSPS) is 10.9. The van der Waals surface area contributed by atoms with E-state index in [1.807, 2.05) is 13.8 Å². The zero-order valence-electron chi connectivity index (χ0n) is 10.6. The lowest BCUT2D eigenvalue weighted by molar-refractivity contribution is 0.102. The number of rotatable bonds is 4. The predicted octanol–water partition coefficient (Wildman–Crippen LogP) is 2.22. The standard InChI is InChI=1S/C12H15ClN4O/c1-4-5-17-11(10(13)7-15-17)12(18)9-6-14-16(3)8(9)2/h6-7H,4-5H2,1-3H3. The molecule has 0 spiro atoms. The van der Waals surface area contributed by atoms with Crippen molar-refractivity contribution in [1.82, 2.24) is 19.6 Å². The van der Waals surface area contributed by atoms with E-state index in [0.717, 1.165) is 12.1 Å². The summed E-state index contributed by atoms with van der Waals surface area (Å²) in [5, 5.41) is 8.59. The van der Waals surface area contributed by atoms with Gasteiger partial charge < -0.3 is 0 Å². The average Bonchev–Trinajstić information content (AvgIpc) is 2.85. The first-order chi connectivity index (χ1) is 8.56. The molecule has 5 nitrogen and oxygen atoms in total. The fourth-order valence-corrected chi connectivity index (χ4v) is 2.05. The van der Waals surface area contributed by atoms with Crippen LogP contribution in [0.5, 0.6) is 0 Å². The number of nitrogens with zero attached hydrogens (tertiary/aromatic N) is 4. The summed E-state index contributed by atoms with van der Waals surface area (Å²) in [7, 11) is 1.80. The molecule has 0 unspecified atom stereocenters. The summed E-state index contributed by atoms with van der Waals surface area (Å²) in [5.41, 5.74) is 1.83. The molecule has 0 saturated heterocycles. The lowest BCUT2D eigenvalue weighted by Crippen LogP contribution is -2.12. The van der Waals surface area contributed by atoms with Crippen LogP contribution in [0.15, 0.2) is 12.4 Å². The molecule has 2 heterocycles. The Labute approximate surface area is 110 Å². The molecule has 0 aliphatic rings. The van der Waals surface area contributed by atoms with Gasteiger partial charge in [0.25, 0.3) is 0 Å². The van der Waals surface area contributed by atoms with Gasteiger partial charge in [0.1, 0.15) is 5.69 Å². The van der Waals surface area contributed by atoms with Crippen LogP contribution < -0.4 is 0 Å². The van der Waals surface area contributed by atoms with Crippen molar-refractivity contribution in [2.45, 2.75) is 26.8 Å². The molecule has 18 heavy (non-hydrogen) atoms. The number of carbonyl (C=O) groups excluding carboxylic acids is 1. The van der Waals surface area contributed by atoms with Gasteiger partial charge in [0, 0.05) is 19.3 Å². The van der Waals surface area contributed by atoms with E-state index in [4.69, 9.17) is 11.6 Å². The smallest absolute Gasteiger partial charge is 0.215 e. The summed E-state index contributed by atoms with van der Waals surface area (Å²) in [6, 6.07) is 0. The fourth-order valence-electron chi connectivity index (χ4n) is 1.82. The van der Waals surface area contributed by atoms with Crippen molar-refractivity contribution < 1.29 is 4.79 Å². The minimum absolute atomic E-state index is 0.128. The number of hydrogen-bond acceptors (Lipinski definition) is 3. The zero-order chi connectivity index (χ0) is 13.3. The molecule has 0 atom stereocenters. The van der Waals surface area contributed by atoms with Gasteiger partial charge in [-0.15, -0.1) is 0 Å². The monoisotopic (exact) mass is 266 g/mol. The number of halogens is 1. The number of aromatic nitrogens is 4. The quantitative estimate of drug-likeness (QED) is 0.798. The summed E-state index contributed by atoms with van der Waals surface area (Å²) >= 11 is 6.05. The third-order valence-corrected chi connectivity index (χ3v) is 3.20. The lowest BCUT2D eigenvalue weighted by Gasteiger charge is -2.05. The molecule has 0 bridgehead atoms. The average molecular weight is 267 g/mol. The Balaban J connectivity index is 2.45. The molecule has 0 N–H and O–H groups in total. The van der Waals surface area contributed by atoms with E-state index in [2.05, 4.69) is 10.2 Å². The Morgan fingerprint density at radius 2 is 2.11 bits per heavy atom. The molecular formula is C12H15ClN4O. The fraction of sp³-hybridized carbons (Fsp3) is 0.417. The molecular weight excluding hydrogens is 252 g/mol. The molecule has 2 aromatic heterocycles. The minimum Gasteiger partial charge on any atom is -0.287 e. The minimum atomic E-state index is -0.128. The summed E-state index contributed by atoms with van der Waals surface area (Å²) in [6.07, 6.45) is 3.97. The number of carbonyl (C=O) groups is 1. The van der Waals surface area contributed by atoms with Gasteiger partial charge >= 0.3 is 0 Å². The molecule has 2 aromatic rings. The predicted molar refractivity (Wildman–Crippen MR) is 68.9 cm³/mol. The van der Waals surface area contributed by atoms with Crippen LogP contribution in [0.25, 0.3) is 0 Å². The Kier molecular flexibility index (Phi) is 3.52. The second kappa shape index (κ2) is 4.94. The maximum absolute atomic E-state index is 12.5. The highest BCUT2D eigenvalue weighted by molar-refractivity contribution is 6.34. The second-order valence-corrected chi connectivity index (χ2v) is 4.57. The topological polar surface area (TPSA) is 52.7 Å². The molecule has 96 valence electrons. The van der Waals surface area contributed by atoms with Crippen molar-refractivity contribution in [3.8, 4) is 0 Å². The van der Waals surface area contributed by atoms with Crippen molar-refractivity contribution in [2.24, 2.45) is 7.05 Å². The molecule has 2 rings (SSSR count). The number of ketones is 1. The molecule has 0 aromatic carbocycles. The first kappa shape index (κ1) is 12.8. The van der Waals surface area contributed by atoms with Crippen LogP contribution in [0, 0.1) is 6.92 Å². The highest BCUT2D eigenvalue weighted by Gasteiger charge is 2.22. The molecule has 0 aliphatic heterocycles. The van der Waals surface area contributed by atoms with Gasteiger partial charge in [-0.25, -0.2) is 0 Å². The van der Waals surface area contributed by atoms with E-state index in [9.17, 15) is 4.79 Å². The molecule has 0 amide bonds. The van der Waals surface area contributed by atoms with Crippen molar-refractivity contribution in [2.75, 3.05) is 0 Å². The zero-order valence-corrected chi connectivity index (χ0v) is 11.4. The van der Waals surface area contributed by atoms with Crippen LogP contribution in [0.2, 0.25) is 5.02 Å². The lowest BCUT2D eigenvalue weighted by atomic mass is 10.1. The Hall–Kier alpha value is -1.62.